The summed E-state index contributed by atoms with van der Waals surface area (Å²) >= 11 is 1.51. The number of thiophene rings is 1. The van der Waals surface area contributed by atoms with Gasteiger partial charge in [0.15, 0.2) is 6.61 Å². The first-order valence-corrected chi connectivity index (χ1v) is 8.47. The highest BCUT2D eigenvalue weighted by Gasteiger charge is 2.14. The molecule has 0 saturated carbocycles. The van der Waals surface area contributed by atoms with E-state index in [0.717, 1.165) is 5.56 Å². The topological polar surface area (TPSA) is 81.7 Å². The molecule has 1 aromatic heterocycles. The fraction of sp³-hybridized carbons (Fsp3) is 0.167. The van der Waals surface area contributed by atoms with E-state index in [1.165, 1.54) is 17.4 Å². The molecule has 0 aliphatic heterocycles. The molecule has 0 aliphatic rings. The average Bonchev–Trinajstić information content (AvgIpc) is 3.12. The van der Waals surface area contributed by atoms with E-state index in [-0.39, 0.29) is 12.2 Å². The largest absolute Gasteiger partial charge is 0.462 e. The standard InChI is InChI=1S/C18H17NO5S/c1-2-23-18(22)14-5-3-4-6-15(14)19-16(20)11-24-17(21)8-7-13-9-10-25-12-13/h3-10,12H,2,11H2,1H3,(H,19,20)/b8-7+. The van der Waals surface area contributed by atoms with Gasteiger partial charge in [-0.1, -0.05) is 12.1 Å². The van der Waals surface area contributed by atoms with Gasteiger partial charge < -0.3 is 14.8 Å². The van der Waals surface area contributed by atoms with Crippen LogP contribution in [0.3, 0.4) is 0 Å². The number of anilines is 1. The number of hydrogen-bond acceptors (Lipinski definition) is 6. The molecule has 0 radical (unpaired) electrons. The van der Waals surface area contributed by atoms with Gasteiger partial charge in [-0.3, -0.25) is 4.79 Å². The number of hydrogen-bond donors (Lipinski definition) is 1. The van der Waals surface area contributed by atoms with Crippen molar-refractivity contribution in [2.45, 2.75) is 6.92 Å². The molecular formula is C18H17NO5S. The summed E-state index contributed by atoms with van der Waals surface area (Å²) in [7, 11) is 0. The predicted octanol–water partition coefficient (Wildman–Crippen LogP) is 3.12. The molecule has 0 bridgehead atoms. The van der Waals surface area contributed by atoms with E-state index in [0.29, 0.717) is 5.69 Å². The zero-order chi connectivity index (χ0) is 18.1. The first-order valence-electron chi connectivity index (χ1n) is 7.53. The summed E-state index contributed by atoms with van der Waals surface area (Å²) in [6, 6.07) is 8.31. The Balaban J connectivity index is 1.88. The summed E-state index contributed by atoms with van der Waals surface area (Å²) in [5.74, 6) is -1.71. The van der Waals surface area contributed by atoms with Gasteiger partial charge in [-0.25, -0.2) is 9.59 Å². The Morgan fingerprint density at radius 2 is 1.96 bits per heavy atom. The zero-order valence-corrected chi connectivity index (χ0v) is 14.4. The van der Waals surface area contributed by atoms with E-state index in [1.54, 1.807) is 37.3 Å². The third-order valence-corrected chi connectivity index (χ3v) is 3.70. The minimum Gasteiger partial charge on any atom is -0.462 e. The number of benzene rings is 1. The molecule has 1 aromatic carbocycles. The van der Waals surface area contributed by atoms with Gasteiger partial charge in [-0.15, -0.1) is 0 Å². The van der Waals surface area contributed by atoms with E-state index < -0.39 is 24.5 Å². The number of amides is 1. The van der Waals surface area contributed by atoms with Gasteiger partial charge in [-0.2, -0.15) is 11.3 Å². The molecule has 0 saturated heterocycles. The Kier molecular flexibility index (Phi) is 6.91. The number of carbonyl (C=O) groups excluding carboxylic acids is 3. The lowest BCUT2D eigenvalue weighted by molar-refractivity contribution is -0.142. The molecule has 0 aliphatic carbocycles. The maximum Gasteiger partial charge on any atom is 0.340 e. The summed E-state index contributed by atoms with van der Waals surface area (Å²) in [5.41, 5.74) is 1.42. The smallest absolute Gasteiger partial charge is 0.340 e. The van der Waals surface area contributed by atoms with Crippen LogP contribution in [-0.4, -0.2) is 31.1 Å². The van der Waals surface area contributed by atoms with Crippen LogP contribution in [0.1, 0.15) is 22.8 Å². The van der Waals surface area contributed by atoms with Crippen molar-refractivity contribution in [3.05, 3.63) is 58.3 Å². The SMILES string of the molecule is CCOC(=O)c1ccccc1NC(=O)COC(=O)/C=C/c1ccsc1. The highest BCUT2D eigenvalue weighted by molar-refractivity contribution is 7.08. The number of rotatable bonds is 7. The van der Waals surface area contributed by atoms with Gasteiger partial charge in [0.25, 0.3) is 5.91 Å². The van der Waals surface area contributed by atoms with Gasteiger partial charge in [0, 0.05) is 6.08 Å². The molecule has 130 valence electrons. The van der Waals surface area contributed by atoms with Crippen LogP contribution in [0.15, 0.2) is 47.2 Å². The van der Waals surface area contributed by atoms with E-state index in [1.807, 2.05) is 16.8 Å². The van der Waals surface area contributed by atoms with E-state index >= 15 is 0 Å². The highest BCUT2D eigenvalue weighted by atomic mass is 32.1. The van der Waals surface area contributed by atoms with E-state index in [9.17, 15) is 14.4 Å². The molecule has 7 heteroatoms. The third kappa shape index (κ3) is 5.89. The van der Waals surface area contributed by atoms with Gasteiger partial charge in [0.05, 0.1) is 17.9 Å². The van der Waals surface area contributed by atoms with Gasteiger partial charge in [0.1, 0.15) is 0 Å². The van der Waals surface area contributed by atoms with Crippen molar-refractivity contribution in [3.8, 4) is 0 Å². The lowest BCUT2D eigenvalue weighted by Gasteiger charge is -2.10. The minimum absolute atomic E-state index is 0.231. The predicted molar refractivity (Wildman–Crippen MR) is 95.3 cm³/mol. The van der Waals surface area contributed by atoms with Gasteiger partial charge in [-0.05, 0) is 47.5 Å². The van der Waals surface area contributed by atoms with Crippen LogP contribution in [0.25, 0.3) is 6.08 Å². The molecule has 1 N–H and O–H groups in total. The maximum atomic E-state index is 11.9. The summed E-state index contributed by atoms with van der Waals surface area (Å²) in [6.07, 6.45) is 2.86. The number of ether oxygens (including phenoxy) is 2. The summed E-state index contributed by atoms with van der Waals surface area (Å²) < 4.78 is 9.80. The van der Waals surface area contributed by atoms with Gasteiger partial charge in [0.2, 0.25) is 0 Å². The zero-order valence-electron chi connectivity index (χ0n) is 13.6. The Hall–Kier alpha value is -2.93. The molecule has 0 atom stereocenters. The molecule has 1 heterocycles. The van der Waals surface area contributed by atoms with Crippen molar-refractivity contribution < 1.29 is 23.9 Å². The maximum absolute atomic E-state index is 11.9. The quantitative estimate of drug-likeness (QED) is 0.607. The number of nitrogens with one attached hydrogen (secondary N) is 1. The second-order valence-corrected chi connectivity index (χ2v) is 5.59. The van der Waals surface area contributed by atoms with Crippen molar-refractivity contribution in [1.82, 2.24) is 0 Å². The van der Waals surface area contributed by atoms with Crippen LogP contribution >= 0.6 is 11.3 Å². The van der Waals surface area contributed by atoms with Crippen LogP contribution in [0.5, 0.6) is 0 Å². The Morgan fingerprint density at radius 3 is 2.68 bits per heavy atom. The van der Waals surface area contributed by atoms with Crippen LogP contribution in [0, 0.1) is 0 Å². The first kappa shape index (κ1) is 18.4. The summed E-state index contributed by atoms with van der Waals surface area (Å²) in [5, 5.41) is 6.30. The molecule has 0 fully saturated rings. The fourth-order valence-corrected chi connectivity index (χ4v) is 2.51. The Labute approximate surface area is 149 Å². The molecule has 0 spiro atoms. The second kappa shape index (κ2) is 9.39. The van der Waals surface area contributed by atoms with Crippen molar-refractivity contribution in [3.63, 3.8) is 0 Å². The van der Waals surface area contributed by atoms with Crippen LogP contribution in [0.4, 0.5) is 5.69 Å². The number of para-hydroxylation sites is 1. The summed E-state index contributed by atoms with van der Waals surface area (Å²) in [6.45, 7) is 1.47. The van der Waals surface area contributed by atoms with Crippen molar-refractivity contribution >= 4 is 40.9 Å². The van der Waals surface area contributed by atoms with E-state index in [4.69, 9.17) is 9.47 Å². The molecule has 1 amide bonds. The Bertz CT molecular complexity index is 768. The van der Waals surface area contributed by atoms with Crippen LogP contribution in [0.2, 0.25) is 0 Å². The van der Waals surface area contributed by atoms with Crippen LogP contribution in [-0.2, 0) is 19.1 Å². The van der Waals surface area contributed by atoms with Crippen molar-refractivity contribution in [2.24, 2.45) is 0 Å². The average molecular weight is 359 g/mol. The van der Waals surface area contributed by atoms with Gasteiger partial charge >= 0.3 is 11.9 Å². The van der Waals surface area contributed by atoms with Crippen LogP contribution < -0.4 is 5.32 Å². The fourth-order valence-electron chi connectivity index (χ4n) is 1.88. The van der Waals surface area contributed by atoms with Crippen molar-refractivity contribution in [2.75, 3.05) is 18.5 Å². The lowest BCUT2D eigenvalue weighted by atomic mass is 10.2. The normalized spacial score (nSPS) is 10.4. The first-order chi connectivity index (χ1) is 12.1. The van der Waals surface area contributed by atoms with E-state index in [2.05, 4.69) is 5.32 Å². The number of esters is 2. The molecular weight excluding hydrogens is 342 g/mol. The molecule has 2 aromatic rings. The highest BCUT2D eigenvalue weighted by Crippen LogP contribution is 2.16. The third-order valence-electron chi connectivity index (χ3n) is 3.00. The molecule has 2 rings (SSSR count). The van der Waals surface area contributed by atoms with Crippen molar-refractivity contribution in [1.29, 1.82) is 0 Å². The monoisotopic (exact) mass is 359 g/mol. The minimum atomic E-state index is -0.625. The number of carbonyl (C=O) groups is 3. The summed E-state index contributed by atoms with van der Waals surface area (Å²) in [4.78, 5) is 35.4. The molecule has 0 unspecified atom stereocenters. The Morgan fingerprint density at radius 1 is 1.16 bits per heavy atom. The molecule has 25 heavy (non-hydrogen) atoms. The second-order valence-electron chi connectivity index (χ2n) is 4.81. The lowest BCUT2D eigenvalue weighted by Crippen LogP contribution is -2.21. The molecule has 6 nitrogen and oxygen atoms in total.